The van der Waals surface area contributed by atoms with Gasteiger partial charge >= 0.3 is 0 Å². The van der Waals surface area contributed by atoms with E-state index < -0.39 is 15.9 Å². The zero-order chi connectivity index (χ0) is 20.1. The number of carbonyl (C=O) groups excluding carboxylic acids is 1. The van der Waals surface area contributed by atoms with Gasteiger partial charge in [-0.3, -0.25) is 4.79 Å². The summed E-state index contributed by atoms with van der Waals surface area (Å²) in [5.41, 5.74) is 0. The van der Waals surface area contributed by atoms with Crippen molar-refractivity contribution in [2.45, 2.75) is 31.2 Å². The lowest BCUT2D eigenvalue weighted by atomic mass is 9.99. The molecular weight excluding hydrogens is 404 g/mol. The summed E-state index contributed by atoms with van der Waals surface area (Å²) < 4.78 is 38.4. The number of amides is 1. The lowest BCUT2D eigenvalue weighted by Gasteiger charge is -2.31. The van der Waals surface area contributed by atoms with Gasteiger partial charge in [-0.1, -0.05) is 11.6 Å². The van der Waals surface area contributed by atoms with Crippen LogP contribution in [0.3, 0.4) is 0 Å². The molecule has 1 aliphatic rings. The third kappa shape index (κ3) is 4.68. The van der Waals surface area contributed by atoms with Gasteiger partial charge in [-0.2, -0.15) is 4.31 Å². The number of carbonyl (C=O) groups is 1. The van der Waals surface area contributed by atoms with E-state index in [1.807, 2.05) is 0 Å². The SMILES string of the molecule is CCOc1ccc(Cl)cc1S(=O)(=O)N1CCC[C@@H](C(=O)NCc2ccco2)C1. The molecule has 2 heterocycles. The van der Waals surface area contributed by atoms with Crippen molar-refractivity contribution in [2.24, 2.45) is 5.92 Å². The summed E-state index contributed by atoms with van der Waals surface area (Å²) in [4.78, 5) is 12.5. The predicted octanol–water partition coefficient (Wildman–Crippen LogP) is 3.05. The van der Waals surface area contributed by atoms with Crippen molar-refractivity contribution in [3.05, 3.63) is 47.4 Å². The molecule has 3 rings (SSSR count). The van der Waals surface area contributed by atoms with Gasteiger partial charge in [0.25, 0.3) is 0 Å². The summed E-state index contributed by atoms with van der Waals surface area (Å²) in [5, 5.41) is 3.12. The van der Waals surface area contributed by atoms with Crippen LogP contribution in [0.15, 0.2) is 45.9 Å². The number of benzene rings is 1. The van der Waals surface area contributed by atoms with Crippen LogP contribution in [0.5, 0.6) is 5.75 Å². The zero-order valence-electron chi connectivity index (χ0n) is 15.6. The number of halogens is 1. The van der Waals surface area contributed by atoms with Gasteiger partial charge in [-0.05, 0) is 50.1 Å². The normalized spacial score (nSPS) is 18.0. The molecule has 0 unspecified atom stereocenters. The lowest BCUT2D eigenvalue weighted by molar-refractivity contribution is -0.126. The van der Waals surface area contributed by atoms with Crippen molar-refractivity contribution in [3.63, 3.8) is 0 Å². The van der Waals surface area contributed by atoms with Gasteiger partial charge in [0.15, 0.2) is 0 Å². The molecule has 1 aromatic carbocycles. The van der Waals surface area contributed by atoms with Crippen molar-refractivity contribution in [3.8, 4) is 5.75 Å². The van der Waals surface area contributed by atoms with E-state index in [0.717, 1.165) is 0 Å². The fourth-order valence-corrected chi connectivity index (χ4v) is 5.12. The van der Waals surface area contributed by atoms with E-state index >= 15 is 0 Å². The molecule has 1 amide bonds. The summed E-state index contributed by atoms with van der Waals surface area (Å²) in [6.07, 6.45) is 2.77. The molecule has 0 spiro atoms. The molecule has 152 valence electrons. The molecule has 1 saturated heterocycles. The van der Waals surface area contributed by atoms with E-state index in [1.165, 1.54) is 16.6 Å². The first-order valence-corrected chi connectivity index (χ1v) is 11.0. The maximum Gasteiger partial charge on any atom is 0.246 e. The predicted molar refractivity (Wildman–Crippen MR) is 105 cm³/mol. The second-order valence-corrected chi connectivity index (χ2v) is 8.87. The van der Waals surface area contributed by atoms with Gasteiger partial charge in [-0.15, -0.1) is 0 Å². The highest BCUT2D eigenvalue weighted by atomic mass is 35.5. The summed E-state index contributed by atoms with van der Waals surface area (Å²) in [6, 6.07) is 8.05. The van der Waals surface area contributed by atoms with Crippen molar-refractivity contribution in [2.75, 3.05) is 19.7 Å². The van der Waals surface area contributed by atoms with E-state index in [4.69, 9.17) is 20.8 Å². The van der Waals surface area contributed by atoms with E-state index in [-0.39, 0.29) is 29.6 Å². The first-order chi connectivity index (χ1) is 13.4. The van der Waals surface area contributed by atoms with Crippen molar-refractivity contribution in [1.29, 1.82) is 0 Å². The standard InChI is InChI=1S/C19H23ClN2O5S/c1-2-26-17-8-7-15(20)11-18(17)28(24,25)22-9-3-5-14(13-22)19(23)21-12-16-6-4-10-27-16/h4,6-8,10-11,14H,2-3,5,9,12-13H2,1H3,(H,21,23)/t14-/m1/s1. The van der Waals surface area contributed by atoms with Crippen LogP contribution in [0.4, 0.5) is 0 Å². The fourth-order valence-electron chi connectivity index (χ4n) is 3.20. The highest BCUT2D eigenvalue weighted by molar-refractivity contribution is 7.89. The average Bonchev–Trinajstić information content (AvgIpc) is 3.21. The van der Waals surface area contributed by atoms with Gasteiger partial charge in [0, 0.05) is 18.1 Å². The Labute approximate surface area is 169 Å². The minimum Gasteiger partial charge on any atom is -0.492 e. The van der Waals surface area contributed by atoms with Crippen LogP contribution in [-0.4, -0.2) is 38.3 Å². The Kier molecular flexibility index (Phi) is 6.64. The molecule has 1 aliphatic heterocycles. The van der Waals surface area contributed by atoms with Crippen LogP contribution in [-0.2, 0) is 21.4 Å². The largest absolute Gasteiger partial charge is 0.492 e. The average molecular weight is 427 g/mol. The minimum absolute atomic E-state index is 0.0264. The van der Waals surface area contributed by atoms with E-state index in [1.54, 1.807) is 31.2 Å². The smallest absolute Gasteiger partial charge is 0.246 e. The van der Waals surface area contributed by atoms with Crippen LogP contribution in [0.1, 0.15) is 25.5 Å². The molecule has 1 N–H and O–H groups in total. The Hall–Kier alpha value is -2.03. The van der Waals surface area contributed by atoms with Crippen LogP contribution in [0.25, 0.3) is 0 Å². The Morgan fingerprint density at radius 2 is 2.21 bits per heavy atom. The molecule has 0 radical (unpaired) electrons. The molecule has 1 fully saturated rings. The maximum atomic E-state index is 13.2. The molecule has 1 aromatic heterocycles. The molecule has 0 aliphatic carbocycles. The quantitative estimate of drug-likeness (QED) is 0.735. The number of furan rings is 1. The number of piperidine rings is 1. The Balaban J connectivity index is 1.74. The van der Waals surface area contributed by atoms with Crippen molar-refractivity contribution < 1.29 is 22.4 Å². The summed E-state index contributed by atoms with van der Waals surface area (Å²) in [6.45, 7) is 2.86. The molecule has 0 saturated carbocycles. The van der Waals surface area contributed by atoms with Gasteiger partial charge < -0.3 is 14.5 Å². The first kappa shape index (κ1) is 20.7. The third-order valence-electron chi connectivity index (χ3n) is 4.60. The number of ether oxygens (including phenoxy) is 1. The first-order valence-electron chi connectivity index (χ1n) is 9.14. The number of hydrogen-bond donors (Lipinski definition) is 1. The number of nitrogens with one attached hydrogen (secondary N) is 1. The summed E-state index contributed by atoms with van der Waals surface area (Å²) in [5.74, 6) is 0.297. The van der Waals surface area contributed by atoms with Gasteiger partial charge in [0.05, 0.1) is 25.3 Å². The van der Waals surface area contributed by atoms with Crippen molar-refractivity contribution >= 4 is 27.5 Å². The van der Waals surface area contributed by atoms with Gasteiger partial charge in [0.2, 0.25) is 15.9 Å². The second-order valence-electron chi connectivity index (χ2n) is 6.52. The molecule has 2 aromatic rings. The van der Waals surface area contributed by atoms with Gasteiger partial charge in [0.1, 0.15) is 16.4 Å². The van der Waals surface area contributed by atoms with Crippen LogP contribution in [0, 0.1) is 5.92 Å². The van der Waals surface area contributed by atoms with Crippen molar-refractivity contribution in [1.82, 2.24) is 9.62 Å². The molecule has 0 bridgehead atoms. The third-order valence-corrected chi connectivity index (χ3v) is 6.72. The Morgan fingerprint density at radius 1 is 1.39 bits per heavy atom. The number of rotatable bonds is 7. The van der Waals surface area contributed by atoms with Crippen LogP contribution < -0.4 is 10.1 Å². The molecule has 1 atom stereocenters. The van der Waals surface area contributed by atoms with E-state index in [9.17, 15) is 13.2 Å². The van der Waals surface area contributed by atoms with Crippen LogP contribution >= 0.6 is 11.6 Å². The fraction of sp³-hybridized carbons (Fsp3) is 0.421. The highest BCUT2D eigenvalue weighted by Gasteiger charge is 2.35. The lowest BCUT2D eigenvalue weighted by Crippen LogP contribution is -2.45. The van der Waals surface area contributed by atoms with Gasteiger partial charge in [-0.25, -0.2) is 8.42 Å². The second kappa shape index (κ2) is 8.98. The molecular formula is C19H23ClN2O5S. The molecule has 28 heavy (non-hydrogen) atoms. The summed E-state index contributed by atoms with van der Waals surface area (Å²) in [7, 11) is -3.84. The monoisotopic (exact) mass is 426 g/mol. The highest BCUT2D eigenvalue weighted by Crippen LogP contribution is 2.32. The Bertz CT molecular complexity index is 914. The topological polar surface area (TPSA) is 88.9 Å². The minimum atomic E-state index is -3.84. The number of nitrogens with zero attached hydrogens (tertiary/aromatic N) is 1. The number of hydrogen-bond acceptors (Lipinski definition) is 5. The Morgan fingerprint density at radius 3 is 2.93 bits per heavy atom. The molecule has 7 nitrogen and oxygen atoms in total. The molecule has 9 heteroatoms. The van der Waals surface area contributed by atoms with Crippen LogP contribution in [0.2, 0.25) is 5.02 Å². The summed E-state index contributed by atoms with van der Waals surface area (Å²) >= 11 is 6.02. The number of sulfonamides is 1. The zero-order valence-corrected chi connectivity index (χ0v) is 17.1. The van der Waals surface area contributed by atoms with E-state index in [2.05, 4.69) is 5.32 Å². The van der Waals surface area contributed by atoms with E-state index in [0.29, 0.717) is 36.8 Å². The maximum absolute atomic E-state index is 13.2.